The number of aromatic nitrogens is 3. The summed E-state index contributed by atoms with van der Waals surface area (Å²) in [6.45, 7) is 0.565. The van der Waals surface area contributed by atoms with Crippen LogP contribution in [0.25, 0.3) is 22.0 Å². The van der Waals surface area contributed by atoms with E-state index in [1.165, 1.54) is 0 Å². The van der Waals surface area contributed by atoms with Gasteiger partial charge in [-0.1, -0.05) is 11.6 Å². The lowest BCUT2D eigenvalue weighted by Crippen LogP contribution is -1.96. The molecule has 144 valence electrons. The quantitative estimate of drug-likeness (QED) is 0.465. The minimum Gasteiger partial charge on any atom is -0.497 e. The summed E-state index contributed by atoms with van der Waals surface area (Å²) in [6, 6.07) is 15.6. The number of benzene rings is 2. The summed E-state index contributed by atoms with van der Waals surface area (Å²) in [5, 5.41) is 18.1. The Morgan fingerprint density at radius 2 is 2.07 bits per heavy atom. The van der Waals surface area contributed by atoms with E-state index in [1.807, 2.05) is 48.7 Å². The van der Waals surface area contributed by atoms with Crippen molar-refractivity contribution in [3.8, 4) is 22.9 Å². The number of nitrogens with zero attached hydrogens (tertiary/aromatic N) is 4. The molecule has 4 rings (SSSR count). The second-order valence-corrected chi connectivity index (χ2v) is 6.93. The SMILES string of the molecule is COc1cc(Nc2ccnc3ccc(Cl)cc23)cc(-c2cnn(CCC#N)c2)c1. The van der Waals surface area contributed by atoms with Crippen LogP contribution < -0.4 is 10.1 Å². The molecule has 0 aliphatic heterocycles. The van der Waals surface area contributed by atoms with Gasteiger partial charge < -0.3 is 10.1 Å². The monoisotopic (exact) mass is 403 g/mol. The van der Waals surface area contributed by atoms with Gasteiger partial charge in [0.25, 0.3) is 0 Å². The number of pyridine rings is 1. The molecule has 0 bridgehead atoms. The summed E-state index contributed by atoms with van der Waals surface area (Å²) >= 11 is 6.18. The largest absolute Gasteiger partial charge is 0.497 e. The van der Waals surface area contributed by atoms with Gasteiger partial charge in [-0.25, -0.2) is 0 Å². The third-order valence-corrected chi connectivity index (χ3v) is 4.78. The Morgan fingerprint density at radius 3 is 2.90 bits per heavy atom. The molecule has 2 heterocycles. The average Bonchev–Trinajstić information content (AvgIpc) is 3.21. The molecule has 2 aromatic carbocycles. The summed E-state index contributed by atoms with van der Waals surface area (Å²) in [6.07, 6.45) is 5.90. The molecule has 1 N–H and O–H groups in total. The molecular formula is C22H18ClN5O. The standard InChI is InChI=1S/C22H18ClN5O/c1-29-19-10-15(16-13-26-28(14-16)8-2-6-24)9-18(12-19)27-22-5-7-25-21-4-3-17(23)11-20(21)22/h3-5,7,9-14H,2,8H2,1H3,(H,25,27). The predicted octanol–water partition coefficient (Wildman–Crippen LogP) is 5.42. The van der Waals surface area contributed by atoms with Crippen molar-refractivity contribution in [2.75, 3.05) is 12.4 Å². The fraction of sp³-hybridized carbons (Fsp3) is 0.136. The van der Waals surface area contributed by atoms with Gasteiger partial charge in [0.15, 0.2) is 0 Å². The molecule has 0 unspecified atom stereocenters. The number of rotatable bonds is 6. The molecule has 2 aromatic heterocycles. The first-order valence-corrected chi connectivity index (χ1v) is 9.44. The van der Waals surface area contributed by atoms with Crippen molar-refractivity contribution in [1.29, 1.82) is 5.26 Å². The van der Waals surface area contributed by atoms with Gasteiger partial charge in [-0.15, -0.1) is 0 Å². The third kappa shape index (κ3) is 4.15. The van der Waals surface area contributed by atoms with Crippen LogP contribution in [0.15, 0.2) is 61.1 Å². The van der Waals surface area contributed by atoms with Crippen molar-refractivity contribution in [3.63, 3.8) is 0 Å². The number of halogens is 1. The third-order valence-electron chi connectivity index (χ3n) is 4.54. The zero-order valence-electron chi connectivity index (χ0n) is 15.8. The van der Waals surface area contributed by atoms with E-state index in [0.29, 0.717) is 18.0 Å². The van der Waals surface area contributed by atoms with Gasteiger partial charge in [0.2, 0.25) is 0 Å². The smallest absolute Gasteiger partial charge is 0.121 e. The van der Waals surface area contributed by atoms with Gasteiger partial charge in [0, 0.05) is 45.8 Å². The minimum atomic E-state index is 0.420. The van der Waals surface area contributed by atoms with Crippen LogP contribution in [0.3, 0.4) is 0 Å². The number of aryl methyl sites for hydroxylation is 1. The molecule has 0 aliphatic carbocycles. The first-order valence-electron chi connectivity index (χ1n) is 9.06. The van der Waals surface area contributed by atoms with E-state index in [4.69, 9.17) is 21.6 Å². The van der Waals surface area contributed by atoms with E-state index in [9.17, 15) is 0 Å². The topological polar surface area (TPSA) is 75.8 Å². The second kappa shape index (κ2) is 8.21. The number of fused-ring (bicyclic) bond motifs is 1. The maximum atomic E-state index is 8.76. The fourth-order valence-corrected chi connectivity index (χ4v) is 3.31. The molecule has 0 saturated carbocycles. The van der Waals surface area contributed by atoms with Crippen molar-refractivity contribution in [3.05, 3.63) is 66.1 Å². The highest BCUT2D eigenvalue weighted by molar-refractivity contribution is 6.31. The van der Waals surface area contributed by atoms with Crippen molar-refractivity contribution >= 4 is 33.9 Å². The van der Waals surface area contributed by atoms with Crippen LogP contribution in [0.1, 0.15) is 6.42 Å². The molecule has 7 heteroatoms. The lowest BCUT2D eigenvalue weighted by atomic mass is 10.1. The Bertz CT molecular complexity index is 1210. The van der Waals surface area contributed by atoms with Crippen molar-refractivity contribution in [2.45, 2.75) is 13.0 Å². The highest BCUT2D eigenvalue weighted by Crippen LogP contribution is 2.32. The molecule has 0 atom stereocenters. The van der Waals surface area contributed by atoms with Crippen molar-refractivity contribution in [2.24, 2.45) is 0 Å². The predicted molar refractivity (Wildman–Crippen MR) is 114 cm³/mol. The number of nitriles is 1. The summed E-state index contributed by atoms with van der Waals surface area (Å²) in [7, 11) is 1.64. The summed E-state index contributed by atoms with van der Waals surface area (Å²) in [4.78, 5) is 4.39. The Labute approximate surface area is 173 Å². The maximum absolute atomic E-state index is 8.76. The number of methoxy groups -OCH3 is 1. The molecular weight excluding hydrogens is 386 g/mol. The summed E-state index contributed by atoms with van der Waals surface area (Å²) in [5.74, 6) is 0.728. The Morgan fingerprint density at radius 1 is 1.17 bits per heavy atom. The second-order valence-electron chi connectivity index (χ2n) is 6.50. The van der Waals surface area contributed by atoms with Gasteiger partial charge in [-0.3, -0.25) is 9.67 Å². The fourth-order valence-electron chi connectivity index (χ4n) is 3.14. The van der Waals surface area contributed by atoms with Crippen LogP contribution in [0.5, 0.6) is 5.75 Å². The van der Waals surface area contributed by atoms with Crippen LogP contribution in [0, 0.1) is 11.3 Å². The number of anilines is 2. The Balaban J connectivity index is 1.70. The lowest BCUT2D eigenvalue weighted by molar-refractivity contribution is 0.415. The van der Waals surface area contributed by atoms with Crippen molar-refractivity contribution < 1.29 is 4.74 Å². The van der Waals surface area contributed by atoms with Crippen LogP contribution in [-0.2, 0) is 6.54 Å². The lowest BCUT2D eigenvalue weighted by Gasteiger charge is -2.12. The van der Waals surface area contributed by atoms with Gasteiger partial charge in [0.1, 0.15) is 5.75 Å². The van der Waals surface area contributed by atoms with E-state index in [1.54, 1.807) is 24.2 Å². The van der Waals surface area contributed by atoms with Crippen LogP contribution >= 0.6 is 11.6 Å². The molecule has 0 saturated heterocycles. The summed E-state index contributed by atoms with van der Waals surface area (Å²) < 4.78 is 7.26. The van der Waals surface area contributed by atoms with E-state index >= 15 is 0 Å². The number of nitrogens with one attached hydrogen (secondary N) is 1. The number of ether oxygens (including phenoxy) is 1. The molecule has 4 aromatic rings. The van der Waals surface area contributed by atoms with E-state index in [-0.39, 0.29) is 0 Å². The van der Waals surface area contributed by atoms with Gasteiger partial charge in [0.05, 0.1) is 37.9 Å². The minimum absolute atomic E-state index is 0.420. The highest BCUT2D eigenvalue weighted by atomic mass is 35.5. The van der Waals surface area contributed by atoms with Gasteiger partial charge in [-0.05, 0) is 42.0 Å². The zero-order chi connectivity index (χ0) is 20.2. The van der Waals surface area contributed by atoms with E-state index in [0.717, 1.165) is 39.2 Å². The van der Waals surface area contributed by atoms with Crippen LogP contribution in [0.2, 0.25) is 5.02 Å². The van der Waals surface area contributed by atoms with Gasteiger partial charge in [-0.2, -0.15) is 10.4 Å². The van der Waals surface area contributed by atoms with E-state index < -0.39 is 0 Å². The zero-order valence-corrected chi connectivity index (χ0v) is 16.5. The molecule has 0 aliphatic rings. The number of hydrogen-bond acceptors (Lipinski definition) is 5. The maximum Gasteiger partial charge on any atom is 0.121 e. The van der Waals surface area contributed by atoms with Crippen LogP contribution in [0.4, 0.5) is 11.4 Å². The first-order chi connectivity index (χ1) is 14.2. The normalized spacial score (nSPS) is 10.7. The summed E-state index contributed by atoms with van der Waals surface area (Å²) in [5.41, 5.74) is 4.55. The van der Waals surface area contributed by atoms with Gasteiger partial charge >= 0.3 is 0 Å². The van der Waals surface area contributed by atoms with Crippen LogP contribution in [-0.4, -0.2) is 21.9 Å². The molecule has 0 spiro atoms. The molecule has 29 heavy (non-hydrogen) atoms. The molecule has 0 fully saturated rings. The molecule has 6 nitrogen and oxygen atoms in total. The number of hydrogen-bond donors (Lipinski definition) is 1. The molecule has 0 radical (unpaired) electrons. The first kappa shape index (κ1) is 18.8. The van der Waals surface area contributed by atoms with Crippen molar-refractivity contribution in [1.82, 2.24) is 14.8 Å². The molecule has 0 amide bonds. The Kier molecular flexibility index (Phi) is 5.32. The Hall–Kier alpha value is -3.56. The average molecular weight is 404 g/mol. The highest BCUT2D eigenvalue weighted by Gasteiger charge is 2.09. The van der Waals surface area contributed by atoms with E-state index in [2.05, 4.69) is 21.5 Å².